The SMILES string of the molecule is O[C@H](COCc1ccccc1)[C@H](O)c1ccno1. The van der Waals surface area contributed by atoms with E-state index < -0.39 is 12.2 Å². The summed E-state index contributed by atoms with van der Waals surface area (Å²) in [5, 5.41) is 22.9. The van der Waals surface area contributed by atoms with E-state index in [2.05, 4.69) is 5.16 Å². The van der Waals surface area contributed by atoms with Gasteiger partial charge in [-0.25, -0.2) is 0 Å². The summed E-state index contributed by atoms with van der Waals surface area (Å²) in [6.45, 7) is 0.414. The standard InChI is InChI=1S/C13H15NO4/c15-11(13(16)12-6-7-14-18-12)9-17-8-10-4-2-1-3-5-10/h1-7,11,13,15-16H,8-9H2/t11-,13+/m1/s1. The first-order chi connectivity index (χ1) is 8.77. The highest BCUT2D eigenvalue weighted by atomic mass is 16.5. The second-order valence-corrected chi connectivity index (χ2v) is 3.93. The molecule has 2 rings (SSSR count). The van der Waals surface area contributed by atoms with Gasteiger partial charge in [0.1, 0.15) is 12.2 Å². The van der Waals surface area contributed by atoms with E-state index in [0.29, 0.717) is 6.61 Å². The van der Waals surface area contributed by atoms with Crippen molar-refractivity contribution in [2.45, 2.75) is 18.8 Å². The Labute approximate surface area is 105 Å². The molecule has 1 aromatic carbocycles. The molecule has 0 radical (unpaired) electrons. The molecule has 0 fully saturated rings. The van der Waals surface area contributed by atoms with Gasteiger partial charge in [0.2, 0.25) is 0 Å². The number of rotatable bonds is 6. The summed E-state index contributed by atoms with van der Waals surface area (Å²) in [5.74, 6) is 0.228. The van der Waals surface area contributed by atoms with Gasteiger partial charge in [0.25, 0.3) is 0 Å². The number of nitrogens with zero attached hydrogens (tertiary/aromatic N) is 1. The second kappa shape index (κ2) is 6.30. The molecule has 0 unspecified atom stereocenters. The molecule has 5 nitrogen and oxygen atoms in total. The van der Waals surface area contributed by atoms with Crippen LogP contribution >= 0.6 is 0 Å². The van der Waals surface area contributed by atoms with E-state index in [1.807, 2.05) is 30.3 Å². The van der Waals surface area contributed by atoms with Crippen LogP contribution in [0.5, 0.6) is 0 Å². The highest BCUT2D eigenvalue weighted by molar-refractivity contribution is 5.13. The molecule has 0 aliphatic carbocycles. The molecule has 0 amide bonds. The lowest BCUT2D eigenvalue weighted by Crippen LogP contribution is -2.23. The number of aromatic nitrogens is 1. The Morgan fingerprint density at radius 1 is 1.17 bits per heavy atom. The second-order valence-electron chi connectivity index (χ2n) is 3.93. The minimum absolute atomic E-state index is 0.0246. The summed E-state index contributed by atoms with van der Waals surface area (Å²) < 4.78 is 10.1. The topological polar surface area (TPSA) is 75.7 Å². The molecule has 2 aromatic rings. The number of hydrogen-bond acceptors (Lipinski definition) is 5. The van der Waals surface area contributed by atoms with Gasteiger partial charge < -0.3 is 19.5 Å². The van der Waals surface area contributed by atoms with Gasteiger partial charge in [0, 0.05) is 6.07 Å². The Bertz CT molecular complexity index is 443. The molecule has 0 bridgehead atoms. The Morgan fingerprint density at radius 2 is 1.94 bits per heavy atom. The molecular weight excluding hydrogens is 234 g/mol. The summed E-state index contributed by atoms with van der Waals surface area (Å²) in [6.07, 6.45) is -0.749. The minimum Gasteiger partial charge on any atom is -0.388 e. The summed E-state index contributed by atoms with van der Waals surface area (Å²) >= 11 is 0. The van der Waals surface area contributed by atoms with Crippen molar-refractivity contribution < 1.29 is 19.5 Å². The van der Waals surface area contributed by atoms with E-state index in [1.165, 1.54) is 12.3 Å². The third-order valence-electron chi connectivity index (χ3n) is 2.51. The zero-order valence-corrected chi connectivity index (χ0v) is 9.77. The van der Waals surface area contributed by atoms with E-state index >= 15 is 0 Å². The zero-order valence-electron chi connectivity index (χ0n) is 9.77. The molecule has 1 aromatic heterocycles. The number of aliphatic hydroxyl groups excluding tert-OH is 2. The summed E-state index contributed by atoms with van der Waals surface area (Å²) in [6, 6.07) is 11.1. The number of hydrogen-bond donors (Lipinski definition) is 2. The first-order valence-electron chi connectivity index (χ1n) is 5.66. The fourth-order valence-electron chi connectivity index (χ4n) is 1.53. The molecule has 0 aliphatic rings. The van der Waals surface area contributed by atoms with Crippen LogP contribution in [0.25, 0.3) is 0 Å². The predicted molar refractivity (Wildman–Crippen MR) is 63.6 cm³/mol. The van der Waals surface area contributed by atoms with Gasteiger partial charge in [-0.05, 0) is 5.56 Å². The van der Waals surface area contributed by atoms with E-state index in [0.717, 1.165) is 5.56 Å². The lowest BCUT2D eigenvalue weighted by atomic mass is 10.1. The van der Waals surface area contributed by atoms with Crippen molar-refractivity contribution >= 4 is 0 Å². The number of ether oxygens (including phenoxy) is 1. The van der Waals surface area contributed by atoms with Gasteiger partial charge >= 0.3 is 0 Å². The van der Waals surface area contributed by atoms with Crippen LogP contribution in [0.2, 0.25) is 0 Å². The molecule has 0 spiro atoms. The smallest absolute Gasteiger partial charge is 0.167 e. The third kappa shape index (κ3) is 3.40. The fourth-order valence-corrected chi connectivity index (χ4v) is 1.53. The maximum Gasteiger partial charge on any atom is 0.167 e. The third-order valence-corrected chi connectivity index (χ3v) is 2.51. The van der Waals surface area contributed by atoms with Crippen molar-refractivity contribution in [3.8, 4) is 0 Å². The zero-order chi connectivity index (χ0) is 12.8. The first-order valence-corrected chi connectivity index (χ1v) is 5.66. The highest BCUT2D eigenvalue weighted by Gasteiger charge is 2.21. The number of benzene rings is 1. The molecule has 2 atom stereocenters. The average Bonchev–Trinajstić information content (AvgIpc) is 2.93. The molecule has 0 saturated heterocycles. The van der Waals surface area contributed by atoms with Crippen LogP contribution in [0, 0.1) is 0 Å². The fraction of sp³-hybridized carbons (Fsp3) is 0.308. The van der Waals surface area contributed by atoms with Crippen LogP contribution < -0.4 is 0 Å². The molecule has 0 aliphatic heterocycles. The average molecular weight is 249 g/mol. The molecule has 2 N–H and O–H groups in total. The van der Waals surface area contributed by atoms with Crippen molar-refractivity contribution in [2.75, 3.05) is 6.61 Å². The monoisotopic (exact) mass is 249 g/mol. The van der Waals surface area contributed by atoms with Gasteiger partial charge in [0.05, 0.1) is 19.4 Å². The van der Waals surface area contributed by atoms with Crippen LogP contribution in [-0.4, -0.2) is 28.1 Å². The molecular formula is C13H15NO4. The van der Waals surface area contributed by atoms with Crippen LogP contribution in [0.4, 0.5) is 0 Å². The summed E-state index contributed by atoms with van der Waals surface area (Å²) in [7, 11) is 0. The van der Waals surface area contributed by atoms with Crippen molar-refractivity contribution in [1.29, 1.82) is 0 Å². The van der Waals surface area contributed by atoms with Crippen molar-refractivity contribution in [1.82, 2.24) is 5.16 Å². The molecule has 18 heavy (non-hydrogen) atoms. The van der Waals surface area contributed by atoms with Crippen LogP contribution in [0.3, 0.4) is 0 Å². The first kappa shape index (κ1) is 12.8. The highest BCUT2D eigenvalue weighted by Crippen LogP contribution is 2.16. The Morgan fingerprint density at radius 3 is 2.61 bits per heavy atom. The van der Waals surface area contributed by atoms with Gasteiger partial charge in [-0.1, -0.05) is 35.5 Å². The van der Waals surface area contributed by atoms with Crippen molar-refractivity contribution in [2.24, 2.45) is 0 Å². The summed E-state index contributed by atoms with van der Waals surface area (Å²) in [5.41, 5.74) is 1.01. The quantitative estimate of drug-likeness (QED) is 0.806. The predicted octanol–water partition coefficient (Wildman–Crippen LogP) is 1.29. The molecule has 96 valence electrons. The Balaban J connectivity index is 1.77. The largest absolute Gasteiger partial charge is 0.388 e. The number of aliphatic hydroxyl groups is 2. The normalized spacial score (nSPS) is 14.3. The molecule has 0 saturated carbocycles. The van der Waals surface area contributed by atoms with Crippen molar-refractivity contribution in [3.05, 3.63) is 53.9 Å². The van der Waals surface area contributed by atoms with E-state index in [1.54, 1.807) is 0 Å². The minimum atomic E-state index is -1.12. The van der Waals surface area contributed by atoms with Gasteiger partial charge in [-0.3, -0.25) is 0 Å². The van der Waals surface area contributed by atoms with E-state index in [4.69, 9.17) is 9.26 Å². The summed E-state index contributed by atoms with van der Waals surface area (Å²) in [4.78, 5) is 0. The van der Waals surface area contributed by atoms with Gasteiger partial charge in [-0.15, -0.1) is 0 Å². The van der Waals surface area contributed by atoms with Crippen LogP contribution in [-0.2, 0) is 11.3 Å². The van der Waals surface area contributed by atoms with Gasteiger partial charge in [0.15, 0.2) is 5.76 Å². The van der Waals surface area contributed by atoms with Crippen molar-refractivity contribution in [3.63, 3.8) is 0 Å². The maximum atomic E-state index is 9.71. The Hall–Kier alpha value is -1.69. The maximum absolute atomic E-state index is 9.71. The van der Waals surface area contributed by atoms with E-state index in [9.17, 15) is 10.2 Å². The lowest BCUT2D eigenvalue weighted by molar-refractivity contribution is -0.0524. The van der Waals surface area contributed by atoms with Crippen LogP contribution in [0.1, 0.15) is 17.4 Å². The lowest BCUT2D eigenvalue weighted by Gasteiger charge is -2.15. The molecule has 1 heterocycles. The van der Waals surface area contributed by atoms with E-state index in [-0.39, 0.29) is 12.4 Å². The van der Waals surface area contributed by atoms with Crippen LogP contribution in [0.15, 0.2) is 47.1 Å². The Kier molecular flexibility index (Phi) is 4.46. The molecule has 5 heteroatoms. The van der Waals surface area contributed by atoms with Gasteiger partial charge in [-0.2, -0.15) is 0 Å².